The van der Waals surface area contributed by atoms with Gasteiger partial charge in [0.05, 0.1) is 22.8 Å². The number of hydrogen-bond donors (Lipinski definition) is 1. The summed E-state index contributed by atoms with van der Waals surface area (Å²) in [4.78, 5) is 22.4. The number of halogens is 1. The summed E-state index contributed by atoms with van der Waals surface area (Å²) in [5.41, 5.74) is 1.05. The van der Waals surface area contributed by atoms with Crippen LogP contribution in [0, 0.1) is 0 Å². The third-order valence-corrected chi connectivity index (χ3v) is 2.58. The van der Waals surface area contributed by atoms with Crippen LogP contribution in [-0.2, 0) is 9.59 Å². The molecule has 8 heteroatoms. The van der Waals surface area contributed by atoms with Gasteiger partial charge in [0, 0.05) is 0 Å². The average molecular weight is 280 g/mol. The Morgan fingerprint density at radius 1 is 1.42 bits per heavy atom. The molecule has 2 rings (SSSR count). The summed E-state index contributed by atoms with van der Waals surface area (Å²) in [5.74, 6) is -0.631. The van der Waals surface area contributed by atoms with E-state index in [1.807, 2.05) is 0 Å². The van der Waals surface area contributed by atoms with E-state index in [1.165, 1.54) is 17.9 Å². The number of aromatic nitrogens is 4. The molecule has 0 spiro atoms. The van der Waals surface area contributed by atoms with Crippen molar-refractivity contribution in [2.75, 3.05) is 5.32 Å². The van der Waals surface area contributed by atoms with E-state index in [-0.39, 0.29) is 12.2 Å². The lowest BCUT2D eigenvalue weighted by molar-refractivity contribution is -0.124. The fourth-order valence-electron chi connectivity index (χ4n) is 1.45. The van der Waals surface area contributed by atoms with Crippen molar-refractivity contribution in [1.29, 1.82) is 0 Å². The summed E-state index contributed by atoms with van der Waals surface area (Å²) in [6, 6.07) is 4.94. The van der Waals surface area contributed by atoms with Crippen molar-refractivity contribution < 1.29 is 9.59 Å². The highest BCUT2D eigenvalue weighted by atomic mass is 35.5. The molecule has 1 amide bonds. The number of Topliss-reactive ketones (excluding diaryl/α,β-unsaturated/α-hetero) is 1. The molecule has 0 radical (unpaired) electrons. The normalized spacial score (nSPS) is 10.2. The Morgan fingerprint density at radius 2 is 2.21 bits per heavy atom. The lowest BCUT2D eigenvalue weighted by atomic mass is 10.2. The van der Waals surface area contributed by atoms with Gasteiger partial charge >= 0.3 is 0 Å². The Hall–Kier alpha value is -2.28. The maximum absolute atomic E-state index is 11.5. The van der Waals surface area contributed by atoms with Gasteiger partial charge in [-0.1, -0.05) is 11.6 Å². The molecule has 1 aromatic heterocycles. The number of amides is 1. The highest BCUT2D eigenvalue weighted by molar-refractivity contribution is 6.33. The molecule has 0 aliphatic rings. The SMILES string of the molecule is CC(=O)CC(=O)Nc1cc(-n2cnnn2)ccc1Cl. The highest BCUT2D eigenvalue weighted by Crippen LogP contribution is 2.24. The Balaban J connectivity index is 2.23. The summed E-state index contributed by atoms with van der Waals surface area (Å²) in [7, 11) is 0. The van der Waals surface area contributed by atoms with Crippen LogP contribution in [0.2, 0.25) is 5.02 Å². The Bertz CT molecular complexity index is 612. The fourth-order valence-corrected chi connectivity index (χ4v) is 1.62. The zero-order chi connectivity index (χ0) is 13.8. The number of nitrogens with zero attached hydrogens (tertiary/aromatic N) is 4. The van der Waals surface area contributed by atoms with E-state index in [2.05, 4.69) is 20.8 Å². The minimum Gasteiger partial charge on any atom is -0.324 e. The number of rotatable bonds is 4. The van der Waals surface area contributed by atoms with Crippen LogP contribution in [0.3, 0.4) is 0 Å². The first-order valence-corrected chi connectivity index (χ1v) is 5.76. The van der Waals surface area contributed by atoms with Gasteiger partial charge in [-0.25, -0.2) is 4.68 Å². The largest absolute Gasteiger partial charge is 0.324 e. The molecule has 0 aliphatic heterocycles. The number of hydrogen-bond acceptors (Lipinski definition) is 5. The van der Waals surface area contributed by atoms with E-state index in [4.69, 9.17) is 11.6 Å². The van der Waals surface area contributed by atoms with Gasteiger partial charge < -0.3 is 5.32 Å². The van der Waals surface area contributed by atoms with Crippen molar-refractivity contribution >= 4 is 29.0 Å². The lowest BCUT2D eigenvalue weighted by Gasteiger charge is -2.08. The molecule has 0 atom stereocenters. The predicted octanol–water partition coefficient (Wildman–Crippen LogP) is 1.23. The summed E-state index contributed by atoms with van der Waals surface area (Å²) < 4.78 is 1.43. The second kappa shape index (κ2) is 5.57. The van der Waals surface area contributed by atoms with Crippen molar-refractivity contribution in [3.05, 3.63) is 29.5 Å². The molecule has 98 valence electrons. The van der Waals surface area contributed by atoms with Gasteiger partial charge in [0.15, 0.2) is 0 Å². The van der Waals surface area contributed by atoms with Gasteiger partial charge in [0.1, 0.15) is 12.1 Å². The van der Waals surface area contributed by atoms with Gasteiger partial charge in [-0.15, -0.1) is 5.10 Å². The summed E-state index contributed by atoms with van der Waals surface area (Å²) in [6.07, 6.45) is 1.23. The Labute approximate surface area is 113 Å². The van der Waals surface area contributed by atoms with Crippen molar-refractivity contribution in [2.24, 2.45) is 0 Å². The number of tetrazole rings is 1. The third kappa shape index (κ3) is 3.35. The van der Waals surface area contributed by atoms with Crippen LogP contribution in [0.25, 0.3) is 5.69 Å². The monoisotopic (exact) mass is 279 g/mol. The second-order valence-electron chi connectivity index (χ2n) is 3.85. The van der Waals surface area contributed by atoms with Crippen LogP contribution in [0.1, 0.15) is 13.3 Å². The van der Waals surface area contributed by atoms with E-state index >= 15 is 0 Å². The summed E-state index contributed by atoms with van der Waals surface area (Å²) in [6.45, 7) is 1.35. The van der Waals surface area contributed by atoms with Gasteiger partial charge in [0.2, 0.25) is 5.91 Å². The number of nitrogens with one attached hydrogen (secondary N) is 1. The molecular weight excluding hydrogens is 270 g/mol. The molecular formula is C11H10ClN5O2. The molecule has 7 nitrogen and oxygen atoms in total. The zero-order valence-electron chi connectivity index (χ0n) is 10.00. The maximum Gasteiger partial charge on any atom is 0.231 e. The van der Waals surface area contributed by atoms with E-state index in [9.17, 15) is 9.59 Å². The quantitative estimate of drug-likeness (QED) is 0.850. The van der Waals surface area contributed by atoms with Crippen molar-refractivity contribution in [3.63, 3.8) is 0 Å². The molecule has 19 heavy (non-hydrogen) atoms. The first kappa shape index (κ1) is 13.2. The number of ketones is 1. The van der Waals surface area contributed by atoms with Crippen LogP contribution in [0.4, 0.5) is 5.69 Å². The summed E-state index contributed by atoms with van der Waals surface area (Å²) >= 11 is 5.98. The lowest BCUT2D eigenvalue weighted by Crippen LogP contribution is -2.15. The van der Waals surface area contributed by atoms with Crippen LogP contribution >= 0.6 is 11.6 Å². The van der Waals surface area contributed by atoms with Crippen molar-refractivity contribution in [2.45, 2.75) is 13.3 Å². The fraction of sp³-hybridized carbons (Fsp3) is 0.182. The molecule has 0 aliphatic carbocycles. The average Bonchev–Trinajstić information content (AvgIpc) is 2.84. The molecule has 0 saturated carbocycles. The molecule has 1 N–H and O–H groups in total. The Morgan fingerprint density at radius 3 is 2.84 bits per heavy atom. The van der Waals surface area contributed by atoms with E-state index in [1.54, 1.807) is 18.2 Å². The van der Waals surface area contributed by atoms with Crippen LogP contribution < -0.4 is 5.32 Å². The standard InChI is InChI=1S/C11H10ClN5O2/c1-7(18)4-11(19)14-10-5-8(2-3-9(10)12)17-6-13-15-16-17/h2-3,5-6H,4H2,1H3,(H,14,19). The van der Waals surface area contributed by atoms with E-state index in [0.717, 1.165) is 0 Å². The number of benzene rings is 1. The van der Waals surface area contributed by atoms with Gasteiger partial charge in [-0.3, -0.25) is 9.59 Å². The molecule has 1 aromatic carbocycles. The van der Waals surface area contributed by atoms with E-state index in [0.29, 0.717) is 16.4 Å². The number of anilines is 1. The second-order valence-corrected chi connectivity index (χ2v) is 4.25. The first-order valence-electron chi connectivity index (χ1n) is 5.38. The molecule has 2 aromatic rings. The number of carbonyl (C=O) groups excluding carboxylic acids is 2. The minimum atomic E-state index is -0.414. The van der Waals surface area contributed by atoms with Crippen LogP contribution in [0.15, 0.2) is 24.5 Å². The van der Waals surface area contributed by atoms with E-state index < -0.39 is 5.91 Å². The predicted molar refractivity (Wildman–Crippen MR) is 68.1 cm³/mol. The van der Waals surface area contributed by atoms with Gasteiger partial charge in [0.25, 0.3) is 0 Å². The van der Waals surface area contributed by atoms with Crippen molar-refractivity contribution in [3.8, 4) is 5.69 Å². The van der Waals surface area contributed by atoms with Gasteiger partial charge in [-0.05, 0) is 35.5 Å². The maximum atomic E-state index is 11.5. The van der Waals surface area contributed by atoms with Crippen molar-refractivity contribution in [1.82, 2.24) is 20.2 Å². The minimum absolute atomic E-state index is 0.189. The molecule has 1 heterocycles. The third-order valence-electron chi connectivity index (χ3n) is 2.25. The molecule has 0 fully saturated rings. The molecule has 0 unspecified atom stereocenters. The molecule has 0 saturated heterocycles. The molecule has 0 bridgehead atoms. The van der Waals surface area contributed by atoms with Crippen LogP contribution in [-0.4, -0.2) is 31.9 Å². The smallest absolute Gasteiger partial charge is 0.231 e. The van der Waals surface area contributed by atoms with Crippen LogP contribution in [0.5, 0.6) is 0 Å². The highest BCUT2D eigenvalue weighted by Gasteiger charge is 2.10. The topological polar surface area (TPSA) is 89.8 Å². The zero-order valence-corrected chi connectivity index (χ0v) is 10.8. The summed E-state index contributed by atoms with van der Waals surface area (Å²) in [5, 5.41) is 13.7. The first-order chi connectivity index (χ1) is 9.06. The Kier molecular flexibility index (Phi) is 3.86. The number of carbonyl (C=O) groups is 2. The van der Waals surface area contributed by atoms with Gasteiger partial charge in [-0.2, -0.15) is 0 Å².